The van der Waals surface area contributed by atoms with Crippen molar-refractivity contribution in [2.75, 3.05) is 19.6 Å². The van der Waals surface area contributed by atoms with E-state index in [1.165, 1.54) is 4.31 Å². The Morgan fingerprint density at radius 3 is 2.71 bits per heavy atom. The number of carboxylic acids is 1. The van der Waals surface area contributed by atoms with Crippen LogP contribution in [0.5, 0.6) is 0 Å². The van der Waals surface area contributed by atoms with Gasteiger partial charge in [0.1, 0.15) is 0 Å². The van der Waals surface area contributed by atoms with Crippen LogP contribution >= 0.6 is 0 Å². The Hall–Kier alpha value is -0.660. The van der Waals surface area contributed by atoms with E-state index in [2.05, 4.69) is 4.72 Å². The van der Waals surface area contributed by atoms with Crippen LogP contribution < -0.4 is 4.72 Å². The van der Waals surface area contributed by atoms with Crippen LogP contribution in [0.1, 0.15) is 26.7 Å². The second-order valence-electron chi connectivity index (χ2n) is 4.86. The molecule has 2 N–H and O–H groups in total. The Labute approximate surface area is 102 Å². The molecule has 0 saturated carbocycles. The molecule has 1 atom stereocenters. The van der Waals surface area contributed by atoms with Crippen LogP contribution in [0, 0.1) is 11.8 Å². The monoisotopic (exact) mass is 264 g/mol. The van der Waals surface area contributed by atoms with Gasteiger partial charge in [-0.2, -0.15) is 12.7 Å². The fraction of sp³-hybridized carbons (Fsp3) is 0.900. The van der Waals surface area contributed by atoms with Crippen LogP contribution in [0.2, 0.25) is 0 Å². The number of nitrogens with zero attached hydrogens (tertiary/aromatic N) is 1. The maximum absolute atomic E-state index is 11.7. The number of carbonyl (C=O) groups is 1. The van der Waals surface area contributed by atoms with Crippen molar-refractivity contribution in [3.63, 3.8) is 0 Å². The van der Waals surface area contributed by atoms with E-state index in [1.54, 1.807) is 0 Å². The molecule has 0 bridgehead atoms. The Kier molecular flexibility index (Phi) is 4.91. The van der Waals surface area contributed by atoms with Crippen LogP contribution in [0.15, 0.2) is 0 Å². The predicted molar refractivity (Wildman–Crippen MR) is 63.7 cm³/mol. The second kappa shape index (κ2) is 5.79. The minimum Gasteiger partial charge on any atom is -0.481 e. The normalized spacial score (nSPS) is 25.0. The molecule has 17 heavy (non-hydrogen) atoms. The van der Waals surface area contributed by atoms with Crippen LogP contribution in [0.4, 0.5) is 0 Å². The first kappa shape index (κ1) is 14.4. The lowest BCUT2D eigenvalue weighted by atomic mass is 10.1. The van der Waals surface area contributed by atoms with Gasteiger partial charge in [0.05, 0.1) is 6.42 Å². The third kappa shape index (κ3) is 4.61. The Morgan fingerprint density at radius 1 is 1.53 bits per heavy atom. The smallest absolute Gasteiger partial charge is 0.303 e. The summed E-state index contributed by atoms with van der Waals surface area (Å²) >= 11 is 0. The van der Waals surface area contributed by atoms with E-state index in [9.17, 15) is 13.2 Å². The van der Waals surface area contributed by atoms with Gasteiger partial charge in [-0.25, -0.2) is 4.72 Å². The van der Waals surface area contributed by atoms with Crippen molar-refractivity contribution < 1.29 is 18.3 Å². The highest BCUT2D eigenvalue weighted by molar-refractivity contribution is 7.87. The van der Waals surface area contributed by atoms with Crippen molar-refractivity contribution in [3.05, 3.63) is 0 Å². The van der Waals surface area contributed by atoms with E-state index in [-0.39, 0.29) is 18.9 Å². The maximum atomic E-state index is 11.7. The molecule has 1 heterocycles. The number of hydrogen-bond donors (Lipinski definition) is 2. The molecule has 0 amide bonds. The molecule has 0 aromatic carbocycles. The van der Waals surface area contributed by atoms with Crippen molar-refractivity contribution in [2.45, 2.75) is 26.7 Å². The van der Waals surface area contributed by atoms with Gasteiger partial charge < -0.3 is 5.11 Å². The standard InChI is InChI=1S/C10H20N2O4S/c1-8(2)3-4-12-7-9(5-10(13)14)6-11-17(12,15)16/h8-9,11H,3-7H2,1-2H3,(H,13,14). The summed E-state index contributed by atoms with van der Waals surface area (Å²) in [4.78, 5) is 10.6. The fourth-order valence-corrected chi connectivity index (χ4v) is 3.14. The van der Waals surface area contributed by atoms with Crippen molar-refractivity contribution in [2.24, 2.45) is 11.8 Å². The second-order valence-corrected chi connectivity index (χ2v) is 6.61. The number of nitrogens with one attached hydrogen (secondary N) is 1. The molecular weight excluding hydrogens is 244 g/mol. The molecule has 1 aliphatic heterocycles. The van der Waals surface area contributed by atoms with Gasteiger partial charge in [0.15, 0.2) is 0 Å². The zero-order valence-corrected chi connectivity index (χ0v) is 11.0. The van der Waals surface area contributed by atoms with Crippen LogP contribution in [0.25, 0.3) is 0 Å². The molecule has 1 aliphatic rings. The average molecular weight is 264 g/mol. The third-order valence-corrected chi connectivity index (χ3v) is 4.32. The number of carboxylic acid groups (broad SMARTS) is 1. The molecule has 0 aromatic rings. The molecule has 0 aromatic heterocycles. The van der Waals surface area contributed by atoms with Gasteiger partial charge in [-0.05, 0) is 18.3 Å². The van der Waals surface area contributed by atoms with Gasteiger partial charge in [-0.1, -0.05) is 13.8 Å². The molecule has 1 unspecified atom stereocenters. The summed E-state index contributed by atoms with van der Waals surface area (Å²) in [5.41, 5.74) is 0. The van der Waals surface area contributed by atoms with E-state index in [0.717, 1.165) is 6.42 Å². The topological polar surface area (TPSA) is 86.7 Å². The molecule has 1 fully saturated rings. The summed E-state index contributed by atoms with van der Waals surface area (Å²) < 4.78 is 27.2. The summed E-state index contributed by atoms with van der Waals surface area (Å²) in [6.07, 6.45) is 0.779. The van der Waals surface area contributed by atoms with Gasteiger partial charge in [-0.3, -0.25) is 4.79 Å². The van der Waals surface area contributed by atoms with E-state index in [1.807, 2.05) is 13.8 Å². The van der Waals surface area contributed by atoms with Gasteiger partial charge in [0.2, 0.25) is 0 Å². The Morgan fingerprint density at radius 2 is 2.18 bits per heavy atom. The van der Waals surface area contributed by atoms with E-state index < -0.39 is 16.2 Å². The lowest BCUT2D eigenvalue weighted by molar-refractivity contribution is -0.138. The highest BCUT2D eigenvalue weighted by Crippen LogP contribution is 2.16. The van der Waals surface area contributed by atoms with E-state index in [4.69, 9.17) is 5.11 Å². The summed E-state index contributed by atoms with van der Waals surface area (Å²) in [6.45, 7) is 5.02. The zero-order chi connectivity index (χ0) is 13.1. The van der Waals surface area contributed by atoms with E-state index in [0.29, 0.717) is 19.0 Å². The molecule has 6 nitrogen and oxygen atoms in total. The summed E-state index contributed by atoms with van der Waals surface area (Å²) in [5.74, 6) is -0.617. The molecule has 0 aliphatic carbocycles. The van der Waals surface area contributed by atoms with Gasteiger partial charge in [0, 0.05) is 19.6 Å². The quantitative estimate of drug-likeness (QED) is 0.746. The van der Waals surface area contributed by atoms with Crippen molar-refractivity contribution in [3.8, 4) is 0 Å². The van der Waals surface area contributed by atoms with Crippen molar-refractivity contribution in [1.82, 2.24) is 9.03 Å². The zero-order valence-electron chi connectivity index (χ0n) is 10.2. The van der Waals surface area contributed by atoms with Crippen LogP contribution in [-0.2, 0) is 15.0 Å². The van der Waals surface area contributed by atoms with Gasteiger partial charge in [0.25, 0.3) is 10.2 Å². The molecular formula is C10H20N2O4S. The highest BCUT2D eigenvalue weighted by atomic mass is 32.2. The lowest BCUT2D eigenvalue weighted by Gasteiger charge is -2.32. The minimum absolute atomic E-state index is 0.000693. The number of aliphatic carboxylic acids is 1. The summed E-state index contributed by atoms with van der Waals surface area (Å²) in [7, 11) is -3.40. The molecule has 100 valence electrons. The predicted octanol–water partition coefficient (Wildman–Crippen LogP) is 0.273. The number of rotatable bonds is 5. The molecule has 1 rings (SSSR count). The van der Waals surface area contributed by atoms with Crippen molar-refractivity contribution in [1.29, 1.82) is 0 Å². The molecule has 1 saturated heterocycles. The van der Waals surface area contributed by atoms with Gasteiger partial charge >= 0.3 is 5.97 Å². The fourth-order valence-electron chi connectivity index (χ4n) is 1.76. The lowest BCUT2D eigenvalue weighted by Crippen LogP contribution is -2.52. The first-order valence-electron chi connectivity index (χ1n) is 5.78. The first-order chi connectivity index (χ1) is 7.81. The van der Waals surface area contributed by atoms with Crippen LogP contribution in [0.3, 0.4) is 0 Å². The van der Waals surface area contributed by atoms with Gasteiger partial charge in [-0.15, -0.1) is 0 Å². The van der Waals surface area contributed by atoms with E-state index >= 15 is 0 Å². The van der Waals surface area contributed by atoms with Crippen LogP contribution in [-0.4, -0.2) is 43.4 Å². The number of hydrogen-bond acceptors (Lipinski definition) is 3. The molecule has 7 heteroatoms. The highest BCUT2D eigenvalue weighted by Gasteiger charge is 2.31. The summed E-state index contributed by atoms with van der Waals surface area (Å²) in [6, 6.07) is 0. The average Bonchev–Trinajstić information content (AvgIpc) is 2.17. The largest absolute Gasteiger partial charge is 0.481 e. The minimum atomic E-state index is -3.40. The Balaban J connectivity index is 2.59. The first-order valence-corrected chi connectivity index (χ1v) is 7.22. The molecule has 0 spiro atoms. The molecule has 0 radical (unpaired) electrons. The van der Waals surface area contributed by atoms with Crippen molar-refractivity contribution >= 4 is 16.2 Å². The Bertz CT molecular complexity index is 367. The SMILES string of the molecule is CC(C)CCN1CC(CC(=O)O)CNS1(=O)=O. The summed E-state index contributed by atoms with van der Waals surface area (Å²) in [5, 5.41) is 8.70. The third-order valence-electron chi connectivity index (χ3n) is 2.78. The maximum Gasteiger partial charge on any atom is 0.303 e.